The van der Waals surface area contributed by atoms with Gasteiger partial charge in [0.05, 0.1) is 16.6 Å². The van der Waals surface area contributed by atoms with Gasteiger partial charge < -0.3 is 4.98 Å². The van der Waals surface area contributed by atoms with Gasteiger partial charge in [0.2, 0.25) is 0 Å². The number of aromatic amines is 2. The molecule has 4 aromatic rings. The van der Waals surface area contributed by atoms with Crippen LogP contribution in [-0.4, -0.2) is 29.9 Å². The molecule has 0 amide bonds. The van der Waals surface area contributed by atoms with Crippen LogP contribution in [0.15, 0.2) is 53.6 Å². The van der Waals surface area contributed by atoms with Gasteiger partial charge in [-0.15, -0.1) is 0 Å². The summed E-state index contributed by atoms with van der Waals surface area (Å²) in [6, 6.07) is 11.1. The van der Waals surface area contributed by atoms with Gasteiger partial charge in [-0.25, -0.2) is 14.8 Å². The van der Waals surface area contributed by atoms with Crippen LogP contribution < -0.4 is 5.56 Å². The molecule has 0 atom stereocenters. The lowest BCUT2D eigenvalue weighted by atomic mass is 10.3. The first-order chi connectivity index (χ1) is 10.3. The van der Waals surface area contributed by atoms with Gasteiger partial charge in [-0.3, -0.25) is 4.79 Å². The summed E-state index contributed by atoms with van der Waals surface area (Å²) in [6.45, 7) is 0. The first-order valence-electron chi connectivity index (χ1n) is 6.36. The second-order valence-corrected chi connectivity index (χ2v) is 4.52. The van der Waals surface area contributed by atoms with E-state index in [0.29, 0.717) is 17.2 Å². The van der Waals surface area contributed by atoms with E-state index in [-0.39, 0.29) is 5.56 Å². The third-order valence-electron chi connectivity index (χ3n) is 3.17. The van der Waals surface area contributed by atoms with Crippen LogP contribution in [0.4, 0.5) is 0 Å². The number of aromatic nitrogens is 6. The molecule has 3 aromatic heterocycles. The molecule has 7 heteroatoms. The van der Waals surface area contributed by atoms with Crippen LogP contribution in [0, 0.1) is 0 Å². The minimum Gasteiger partial charge on any atom is -0.338 e. The smallest absolute Gasteiger partial charge is 0.275 e. The van der Waals surface area contributed by atoms with Crippen molar-refractivity contribution in [3.63, 3.8) is 0 Å². The van der Waals surface area contributed by atoms with Crippen molar-refractivity contribution in [3.05, 3.63) is 59.1 Å². The van der Waals surface area contributed by atoms with E-state index in [9.17, 15) is 4.79 Å². The molecule has 21 heavy (non-hydrogen) atoms. The molecule has 0 aliphatic heterocycles. The number of H-pyrrole nitrogens is 2. The SMILES string of the molecule is O=c1[nH]nc(-n2cccn2)cc1-c1nc2ccccc2[nH]1. The number of para-hydroxylation sites is 2. The Kier molecular flexibility index (Phi) is 2.43. The van der Waals surface area contributed by atoms with E-state index in [1.54, 1.807) is 29.2 Å². The zero-order valence-electron chi connectivity index (χ0n) is 10.8. The standard InChI is InChI=1S/C14H10N6O/c21-14-9(8-12(18-19-14)20-7-3-6-15-20)13-16-10-4-1-2-5-11(10)17-13/h1-8H,(H,16,17)(H,19,21). The molecule has 1 aromatic carbocycles. The molecule has 7 nitrogen and oxygen atoms in total. The van der Waals surface area contributed by atoms with Crippen molar-refractivity contribution in [1.29, 1.82) is 0 Å². The number of fused-ring (bicyclic) bond motifs is 1. The summed E-state index contributed by atoms with van der Waals surface area (Å²) in [4.78, 5) is 19.6. The van der Waals surface area contributed by atoms with Gasteiger partial charge in [0, 0.05) is 18.5 Å². The van der Waals surface area contributed by atoms with Crippen molar-refractivity contribution in [3.8, 4) is 17.2 Å². The number of nitrogens with one attached hydrogen (secondary N) is 2. The molecule has 0 fully saturated rings. The Morgan fingerprint density at radius 1 is 1.14 bits per heavy atom. The second kappa shape index (κ2) is 4.41. The molecule has 102 valence electrons. The summed E-state index contributed by atoms with van der Waals surface area (Å²) in [5.74, 6) is 1.03. The van der Waals surface area contributed by atoms with E-state index in [1.807, 2.05) is 24.3 Å². The molecule has 4 rings (SSSR count). The van der Waals surface area contributed by atoms with Crippen LogP contribution in [0.1, 0.15) is 0 Å². The summed E-state index contributed by atoms with van der Waals surface area (Å²) in [6.07, 6.45) is 3.40. The zero-order valence-corrected chi connectivity index (χ0v) is 10.8. The minimum absolute atomic E-state index is 0.301. The average Bonchev–Trinajstić information content (AvgIpc) is 3.17. The molecule has 0 aliphatic rings. The van der Waals surface area contributed by atoms with E-state index in [1.165, 1.54) is 0 Å². The largest absolute Gasteiger partial charge is 0.338 e. The summed E-state index contributed by atoms with van der Waals surface area (Å²) < 4.78 is 1.57. The maximum Gasteiger partial charge on any atom is 0.275 e. The highest BCUT2D eigenvalue weighted by Gasteiger charge is 2.11. The Bertz CT molecular complexity index is 933. The van der Waals surface area contributed by atoms with Gasteiger partial charge in [0.1, 0.15) is 5.82 Å². The van der Waals surface area contributed by atoms with E-state index in [2.05, 4.69) is 25.3 Å². The lowest BCUT2D eigenvalue weighted by molar-refractivity contribution is 0.807. The van der Waals surface area contributed by atoms with Crippen LogP contribution in [0.2, 0.25) is 0 Å². The lowest BCUT2D eigenvalue weighted by Crippen LogP contribution is -2.14. The summed E-state index contributed by atoms with van der Waals surface area (Å²) in [5.41, 5.74) is 1.81. The van der Waals surface area contributed by atoms with Gasteiger partial charge in [-0.2, -0.15) is 10.2 Å². The fourth-order valence-corrected chi connectivity index (χ4v) is 2.17. The molecule has 0 saturated carbocycles. The normalized spacial score (nSPS) is 11.0. The average molecular weight is 278 g/mol. The topological polar surface area (TPSA) is 92.2 Å². The van der Waals surface area contributed by atoms with Crippen molar-refractivity contribution >= 4 is 11.0 Å². The number of hydrogen-bond acceptors (Lipinski definition) is 4. The van der Waals surface area contributed by atoms with E-state index in [4.69, 9.17) is 0 Å². The lowest BCUT2D eigenvalue weighted by Gasteiger charge is -2.01. The molecule has 3 heterocycles. The van der Waals surface area contributed by atoms with Crippen molar-refractivity contribution in [2.24, 2.45) is 0 Å². The fourth-order valence-electron chi connectivity index (χ4n) is 2.17. The Hall–Kier alpha value is -3.22. The van der Waals surface area contributed by atoms with Gasteiger partial charge in [-0.1, -0.05) is 12.1 Å². The quantitative estimate of drug-likeness (QED) is 0.581. The Balaban J connectivity index is 1.91. The van der Waals surface area contributed by atoms with E-state index < -0.39 is 0 Å². The summed E-state index contributed by atoms with van der Waals surface area (Å²) in [5, 5.41) is 10.6. The highest BCUT2D eigenvalue weighted by molar-refractivity contribution is 5.79. The molecule has 0 aliphatic carbocycles. The maximum absolute atomic E-state index is 12.0. The van der Waals surface area contributed by atoms with Crippen molar-refractivity contribution in [1.82, 2.24) is 29.9 Å². The number of benzene rings is 1. The predicted octanol–water partition coefficient (Wildman–Crippen LogP) is 1.50. The Labute approximate surface area is 118 Å². The fraction of sp³-hybridized carbons (Fsp3) is 0. The first kappa shape index (κ1) is 11.6. The number of rotatable bonds is 2. The second-order valence-electron chi connectivity index (χ2n) is 4.52. The van der Waals surface area contributed by atoms with Crippen LogP contribution in [0.3, 0.4) is 0 Å². The zero-order chi connectivity index (χ0) is 14.2. The van der Waals surface area contributed by atoms with Crippen molar-refractivity contribution in [2.45, 2.75) is 0 Å². The predicted molar refractivity (Wildman–Crippen MR) is 77.1 cm³/mol. The molecule has 0 radical (unpaired) electrons. The van der Waals surface area contributed by atoms with Gasteiger partial charge in [-0.05, 0) is 18.2 Å². The number of imidazole rings is 1. The Morgan fingerprint density at radius 2 is 2.05 bits per heavy atom. The Morgan fingerprint density at radius 3 is 2.86 bits per heavy atom. The van der Waals surface area contributed by atoms with Crippen LogP contribution in [0.25, 0.3) is 28.2 Å². The molecular weight excluding hydrogens is 268 g/mol. The molecule has 0 spiro atoms. The van der Waals surface area contributed by atoms with Crippen LogP contribution >= 0.6 is 0 Å². The number of nitrogens with zero attached hydrogens (tertiary/aromatic N) is 4. The molecule has 2 N–H and O–H groups in total. The first-order valence-corrected chi connectivity index (χ1v) is 6.36. The minimum atomic E-state index is -0.301. The van der Waals surface area contributed by atoms with E-state index >= 15 is 0 Å². The molecule has 0 bridgehead atoms. The molecule has 0 saturated heterocycles. The van der Waals surface area contributed by atoms with Gasteiger partial charge >= 0.3 is 0 Å². The molecule has 0 unspecified atom stereocenters. The highest BCUT2D eigenvalue weighted by atomic mass is 16.1. The summed E-state index contributed by atoms with van der Waals surface area (Å²) in [7, 11) is 0. The van der Waals surface area contributed by atoms with Gasteiger partial charge in [0.25, 0.3) is 5.56 Å². The number of hydrogen-bond donors (Lipinski definition) is 2. The van der Waals surface area contributed by atoms with E-state index in [0.717, 1.165) is 11.0 Å². The van der Waals surface area contributed by atoms with Crippen LogP contribution in [0.5, 0.6) is 0 Å². The summed E-state index contributed by atoms with van der Waals surface area (Å²) >= 11 is 0. The third kappa shape index (κ3) is 1.91. The third-order valence-corrected chi connectivity index (χ3v) is 3.17. The van der Waals surface area contributed by atoms with Crippen LogP contribution in [-0.2, 0) is 0 Å². The highest BCUT2D eigenvalue weighted by Crippen LogP contribution is 2.18. The monoisotopic (exact) mass is 278 g/mol. The molecular formula is C14H10N6O. The van der Waals surface area contributed by atoms with Crippen molar-refractivity contribution < 1.29 is 0 Å². The maximum atomic E-state index is 12.0. The van der Waals surface area contributed by atoms with Gasteiger partial charge in [0.15, 0.2) is 5.82 Å². The van der Waals surface area contributed by atoms with Crippen molar-refractivity contribution in [2.75, 3.05) is 0 Å².